The van der Waals surface area contributed by atoms with E-state index >= 15 is 0 Å². The van der Waals surface area contributed by atoms with Crippen LogP contribution in [0, 0.1) is 5.92 Å². The lowest BCUT2D eigenvalue weighted by atomic mass is 10.00. The molecule has 0 aromatic carbocycles. The van der Waals surface area contributed by atoms with Crippen LogP contribution in [0.4, 0.5) is 5.69 Å². The number of fused-ring (bicyclic) bond motifs is 1. The first kappa shape index (κ1) is 23.2. The van der Waals surface area contributed by atoms with Gasteiger partial charge in [-0.2, -0.15) is 14.5 Å². The summed E-state index contributed by atoms with van der Waals surface area (Å²) in [4.78, 5) is 12.2. The molecule has 11 nitrogen and oxygen atoms in total. The van der Waals surface area contributed by atoms with Crippen LogP contribution >= 0.6 is 0 Å². The number of nitrogens with one attached hydrogen (secondary N) is 1. The molecule has 2 atom stereocenters. The third-order valence-corrected chi connectivity index (χ3v) is 7.36. The van der Waals surface area contributed by atoms with Gasteiger partial charge in [0.05, 0.1) is 48.6 Å². The summed E-state index contributed by atoms with van der Waals surface area (Å²) in [7, 11) is -1.67. The molecule has 0 saturated carbocycles. The summed E-state index contributed by atoms with van der Waals surface area (Å²) in [6, 6.07) is 1.76. The van der Waals surface area contributed by atoms with E-state index in [0.29, 0.717) is 37.4 Å². The highest BCUT2D eigenvalue weighted by Gasteiger charge is 2.36. The van der Waals surface area contributed by atoms with Gasteiger partial charge in [0.2, 0.25) is 10.0 Å². The second-order valence-corrected chi connectivity index (χ2v) is 10.3. The molecule has 1 amide bonds. The maximum atomic E-state index is 12.2. The summed E-state index contributed by atoms with van der Waals surface area (Å²) in [5.74, 6) is -0.504. The van der Waals surface area contributed by atoms with Gasteiger partial charge in [-0.25, -0.2) is 12.9 Å². The highest BCUT2D eigenvalue weighted by Crippen LogP contribution is 2.32. The minimum Gasteiger partial charge on any atom is -0.383 e. The molecular weight excluding hydrogens is 446 g/mol. The number of sulfonamides is 1. The molecule has 178 valence electrons. The highest BCUT2D eigenvalue weighted by molar-refractivity contribution is 7.88. The van der Waals surface area contributed by atoms with Crippen LogP contribution in [0.25, 0.3) is 16.6 Å². The van der Waals surface area contributed by atoms with E-state index in [4.69, 9.17) is 10.5 Å². The molecule has 1 fully saturated rings. The molecule has 0 aliphatic carbocycles. The van der Waals surface area contributed by atoms with E-state index in [9.17, 15) is 13.2 Å². The first-order chi connectivity index (χ1) is 15.7. The molecule has 3 aromatic rings. The van der Waals surface area contributed by atoms with Gasteiger partial charge in [0, 0.05) is 49.8 Å². The van der Waals surface area contributed by atoms with Crippen LogP contribution in [0.15, 0.2) is 30.9 Å². The van der Waals surface area contributed by atoms with Gasteiger partial charge in [-0.15, -0.1) is 0 Å². The minimum atomic E-state index is -3.31. The van der Waals surface area contributed by atoms with Crippen molar-refractivity contribution in [2.24, 2.45) is 11.7 Å². The molecule has 1 aliphatic heterocycles. The van der Waals surface area contributed by atoms with Crippen LogP contribution < -0.4 is 11.1 Å². The topological polar surface area (TPSA) is 137 Å². The second-order valence-electron chi connectivity index (χ2n) is 8.34. The van der Waals surface area contributed by atoms with E-state index in [0.717, 1.165) is 17.5 Å². The van der Waals surface area contributed by atoms with Gasteiger partial charge in [-0.05, 0) is 12.0 Å². The number of hydrogen-bond donors (Lipinski definition) is 2. The predicted molar refractivity (Wildman–Crippen MR) is 124 cm³/mol. The average molecular weight is 476 g/mol. The number of nitrogens with two attached hydrogens (primary N) is 1. The lowest BCUT2D eigenvalue weighted by Crippen LogP contribution is -2.32. The Kier molecular flexibility index (Phi) is 6.41. The van der Waals surface area contributed by atoms with Crippen LogP contribution in [0.3, 0.4) is 0 Å². The van der Waals surface area contributed by atoms with Gasteiger partial charge in [0.25, 0.3) is 5.91 Å². The normalized spacial score (nSPS) is 19.4. The SMILES string of the molecule is CC[C@@H]1CN(S(C)(=O)=O)C[C@H]1Nc1c(C(N)=O)cnn2cc(-c3cnn(CCOC)c3)cc12. The second kappa shape index (κ2) is 9.12. The molecule has 33 heavy (non-hydrogen) atoms. The standard InChI is InChI=1S/C21H29N7O4S/c1-4-14-11-27(33(3,30)31)13-18(14)25-20-17(21(22)29)9-24-28-12-15(7-19(20)28)16-8-23-26(10-16)5-6-32-2/h7-10,12,14,18,25H,4-6,11,13H2,1-3H3,(H2,22,29)/t14-,18-/m1/s1. The van der Waals surface area contributed by atoms with Crippen molar-refractivity contribution < 1.29 is 17.9 Å². The molecule has 12 heteroatoms. The van der Waals surface area contributed by atoms with Crippen LogP contribution in [0.5, 0.6) is 0 Å². The van der Waals surface area contributed by atoms with Crippen LogP contribution in [0.1, 0.15) is 23.7 Å². The predicted octanol–water partition coefficient (Wildman–Crippen LogP) is 1.03. The van der Waals surface area contributed by atoms with Gasteiger partial charge in [0.1, 0.15) is 0 Å². The lowest BCUT2D eigenvalue weighted by Gasteiger charge is -2.21. The molecule has 1 aliphatic rings. The summed E-state index contributed by atoms with van der Waals surface area (Å²) in [6.45, 7) is 3.98. The van der Waals surface area contributed by atoms with E-state index < -0.39 is 15.9 Å². The van der Waals surface area contributed by atoms with Crippen LogP contribution in [0.2, 0.25) is 0 Å². The molecule has 4 heterocycles. The van der Waals surface area contributed by atoms with Gasteiger partial charge in [-0.3, -0.25) is 9.48 Å². The maximum Gasteiger partial charge on any atom is 0.252 e. The summed E-state index contributed by atoms with van der Waals surface area (Å²) in [5.41, 5.74) is 8.92. The van der Waals surface area contributed by atoms with Crippen molar-refractivity contribution in [3.8, 4) is 11.1 Å². The largest absolute Gasteiger partial charge is 0.383 e. The third kappa shape index (κ3) is 4.72. The number of carbonyl (C=O) groups excluding carboxylic acids is 1. The van der Waals surface area contributed by atoms with Gasteiger partial charge < -0.3 is 15.8 Å². The fraction of sp³-hybridized carbons (Fsp3) is 0.476. The van der Waals surface area contributed by atoms with E-state index in [1.807, 2.05) is 25.4 Å². The van der Waals surface area contributed by atoms with Crippen molar-refractivity contribution in [2.45, 2.75) is 25.9 Å². The van der Waals surface area contributed by atoms with Crippen molar-refractivity contribution in [1.82, 2.24) is 23.7 Å². The number of anilines is 1. The molecule has 0 radical (unpaired) electrons. The van der Waals surface area contributed by atoms with Crippen molar-refractivity contribution in [3.63, 3.8) is 0 Å². The molecule has 0 spiro atoms. The van der Waals surface area contributed by atoms with Gasteiger partial charge >= 0.3 is 0 Å². The Bertz CT molecular complexity index is 1270. The number of primary amides is 1. The van der Waals surface area contributed by atoms with Gasteiger partial charge in [0.15, 0.2) is 0 Å². The average Bonchev–Trinajstić information content (AvgIpc) is 3.49. The Hall–Kier alpha value is -2.96. The Morgan fingerprint density at radius 1 is 1.24 bits per heavy atom. The fourth-order valence-electron chi connectivity index (χ4n) is 4.24. The minimum absolute atomic E-state index is 0.0992. The smallest absolute Gasteiger partial charge is 0.252 e. The van der Waals surface area contributed by atoms with Crippen LogP contribution in [-0.2, 0) is 21.3 Å². The number of carbonyl (C=O) groups is 1. The molecule has 3 aromatic heterocycles. The maximum absolute atomic E-state index is 12.2. The van der Waals surface area contributed by atoms with Crippen molar-refractivity contribution in [1.29, 1.82) is 0 Å². The fourth-order valence-corrected chi connectivity index (χ4v) is 5.13. The van der Waals surface area contributed by atoms with E-state index in [1.165, 1.54) is 16.8 Å². The summed E-state index contributed by atoms with van der Waals surface area (Å²) in [6.07, 6.45) is 8.99. The van der Waals surface area contributed by atoms with E-state index in [-0.39, 0.29) is 17.5 Å². The Morgan fingerprint density at radius 3 is 2.70 bits per heavy atom. The zero-order valence-corrected chi connectivity index (χ0v) is 19.7. The number of ether oxygens (including phenoxy) is 1. The first-order valence-electron chi connectivity index (χ1n) is 10.8. The Morgan fingerprint density at radius 2 is 2.03 bits per heavy atom. The molecule has 0 bridgehead atoms. The Balaban J connectivity index is 1.71. The van der Waals surface area contributed by atoms with E-state index in [2.05, 4.69) is 15.5 Å². The highest BCUT2D eigenvalue weighted by atomic mass is 32.2. The number of amides is 1. The van der Waals surface area contributed by atoms with Crippen molar-refractivity contribution in [2.75, 3.05) is 38.4 Å². The zero-order chi connectivity index (χ0) is 23.8. The summed E-state index contributed by atoms with van der Waals surface area (Å²) in [5, 5.41) is 12.1. The molecule has 0 unspecified atom stereocenters. The molecular formula is C21H29N7O4S. The number of nitrogens with zero attached hydrogens (tertiary/aromatic N) is 5. The summed E-state index contributed by atoms with van der Waals surface area (Å²) < 4.78 is 34.3. The molecule has 4 rings (SSSR count). The first-order valence-corrected chi connectivity index (χ1v) is 12.6. The van der Waals surface area contributed by atoms with E-state index in [1.54, 1.807) is 22.5 Å². The number of aromatic nitrogens is 4. The van der Waals surface area contributed by atoms with Crippen molar-refractivity contribution >= 4 is 27.1 Å². The quantitative estimate of drug-likeness (QED) is 0.471. The number of rotatable bonds is 9. The van der Waals surface area contributed by atoms with Crippen LogP contribution in [-0.4, -0.2) is 77.1 Å². The summed E-state index contributed by atoms with van der Waals surface area (Å²) >= 11 is 0. The van der Waals surface area contributed by atoms with Crippen molar-refractivity contribution in [3.05, 3.63) is 36.4 Å². The Labute approximate surface area is 192 Å². The monoisotopic (exact) mass is 475 g/mol. The number of methoxy groups -OCH3 is 1. The lowest BCUT2D eigenvalue weighted by molar-refractivity contribution is 0.100. The zero-order valence-electron chi connectivity index (χ0n) is 18.9. The van der Waals surface area contributed by atoms with Gasteiger partial charge in [-0.1, -0.05) is 13.3 Å². The number of hydrogen-bond acceptors (Lipinski definition) is 7. The third-order valence-electron chi connectivity index (χ3n) is 6.12. The molecule has 3 N–H and O–H groups in total. The molecule has 1 saturated heterocycles.